The van der Waals surface area contributed by atoms with Gasteiger partial charge in [0.1, 0.15) is 12.3 Å². The molecule has 3 heterocycles. The second-order valence-electron chi connectivity index (χ2n) is 8.62. The number of ether oxygens (including phenoxy) is 3. The first-order valence-corrected chi connectivity index (χ1v) is 12.6. The molecule has 14 nitrogen and oxygen atoms in total. The lowest BCUT2D eigenvalue weighted by molar-refractivity contribution is 0.0335. The zero-order valence-corrected chi connectivity index (χ0v) is 22.2. The van der Waals surface area contributed by atoms with Crippen molar-refractivity contribution in [1.29, 1.82) is 0 Å². The standard InChI is InChI=1S/C25H26ClN9O5/c1-37-20-8-4-6-16(22(20)39-15-17-5-2-3-7-18(17)26)13-28-30-25(36)21-19(14-34-9-11-38-12-10-34)29-33-35(21)24-23(27)31-40-32-24/h2-8,13H,9-12,14-15H2,1H3,(H2,27,31)(H,30,36)/b28-13+. The van der Waals surface area contributed by atoms with Crippen molar-refractivity contribution in [2.45, 2.75) is 13.2 Å². The Morgan fingerprint density at radius 2 is 2.02 bits per heavy atom. The Morgan fingerprint density at radius 3 is 2.77 bits per heavy atom. The fourth-order valence-corrected chi connectivity index (χ4v) is 4.22. The summed E-state index contributed by atoms with van der Waals surface area (Å²) in [5.41, 5.74) is 10.3. The maximum atomic E-state index is 13.4. The van der Waals surface area contributed by atoms with E-state index in [0.29, 0.717) is 60.6 Å². The molecule has 208 valence electrons. The molecule has 2 aromatic carbocycles. The van der Waals surface area contributed by atoms with Crippen LogP contribution >= 0.6 is 11.6 Å². The van der Waals surface area contributed by atoms with Crippen LogP contribution in [0.3, 0.4) is 0 Å². The molecule has 0 unspecified atom stereocenters. The molecule has 1 fully saturated rings. The van der Waals surface area contributed by atoms with Crippen LogP contribution in [0.5, 0.6) is 11.5 Å². The molecule has 0 spiro atoms. The monoisotopic (exact) mass is 567 g/mol. The number of halogens is 1. The van der Waals surface area contributed by atoms with Crippen molar-refractivity contribution in [1.82, 2.24) is 35.6 Å². The van der Waals surface area contributed by atoms with Gasteiger partial charge in [0, 0.05) is 35.8 Å². The van der Waals surface area contributed by atoms with Gasteiger partial charge in [-0.25, -0.2) is 10.1 Å². The summed E-state index contributed by atoms with van der Waals surface area (Å²) >= 11 is 6.28. The number of morpholine rings is 1. The molecule has 0 saturated carbocycles. The van der Waals surface area contributed by atoms with Crippen LogP contribution < -0.4 is 20.6 Å². The van der Waals surface area contributed by atoms with E-state index in [-0.39, 0.29) is 23.9 Å². The first-order chi connectivity index (χ1) is 19.5. The minimum Gasteiger partial charge on any atom is -0.493 e. The summed E-state index contributed by atoms with van der Waals surface area (Å²) in [5.74, 6) is 0.332. The van der Waals surface area contributed by atoms with Crippen LogP contribution in [-0.2, 0) is 17.9 Å². The Bertz CT molecular complexity index is 1500. The summed E-state index contributed by atoms with van der Waals surface area (Å²) in [6.07, 6.45) is 1.45. The lowest BCUT2D eigenvalue weighted by Gasteiger charge is -2.25. The number of hydrogen-bond acceptors (Lipinski definition) is 12. The van der Waals surface area contributed by atoms with Gasteiger partial charge in [0.15, 0.2) is 17.2 Å². The molecular formula is C25H26ClN9O5. The molecule has 3 N–H and O–H groups in total. The summed E-state index contributed by atoms with van der Waals surface area (Å²) < 4.78 is 22.8. The highest BCUT2D eigenvalue weighted by molar-refractivity contribution is 6.31. The number of anilines is 1. The number of nitrogens with one attached hydrogen (secondary N) is 1. The molecule has 2 aromatic heterocycles. The van der Waals surface area contributed by atoms with Gasteiger partial charge >= 0.3 is 0 Å². The van der Waals surface area contributed by atoms with Crippen molar-refractivity contribution in [2.75, 3.05) is 39.1 Å². The first kappa shape index (κ1) is 27.1. The minimum atomic E-state index is -0.589. The fraction of sp³-hybridized carbons (Fsp3) is 0.280. The largest absolute Gasteiger partial charge is 0.493 e. The van der Waals surface area contributed by atoms with E-state index >= 15 is 0 Å². The number of hydrogen-bond donors (Lipinski definition) is 2. The topological polar surface area (TPSA) is 168 Å². The van der Waals surface area contributed by atoms with Crippen molar-refractivity contribution < 1.29 is 23.6 Å². The van der Waals surface area contributed by atoms with E-state index < -0.39 is 5.91 Å². The number of carbonyl (C=O) groups excluding carboxylic acids is 1. The van der Waals surface area contributed by atoms with Crippen molar-refractivity contribution >= 4 is 29.5 Å². The van der Waals surface area contributed by atoms with Gasteiger partial charge in [0.2, 0.25) is 11.6 Å². The van der Waals surface area contributed by atoms with Crippen LogP contribution in [-0.4, -0.2) is 75.7 Å². The van der Waals surface area contributed by atoms with Crippen molar-refractivity contribution in [3.05, 3.63) is 70.0 Å². The van der Waals surface area contributed by atoms with E-state index in [4.69, 9.17) is 36.2 Å². The first-order valence-electron chi connectivity index (χ1n) is 12.2. The van der Waals surface area contributed by atoms with Gasteiger partial charge < -0.3 is 19.9 Å². The Kier molecular flexibility index (Phi) is 8.49. The Morgan fingerprint density at radius 1 is 1.20 bits per heavy atom. The Balaban J connectivity index is 1.37. The molecule has 0 aliphatic carbocycles. The van der Waals surface area contributed by atoms with E-state index in [9.17, 15) is 4.79 Å². The number of methoxy groups -OCH3 is 1. The van der Waals surface area contributed by atoms with Crippen molar-refractivity contribution in [3.63, 3.8) is 0 Å². The zero-order valence-electron chi connectivity index (χ0n) is 21.5. The van der Waals surface area contributed by atoms with Crippen LogP contribution in [0.2, 0.25) is 5.02 Å². The lowest BCUT2D eigenvalue weighted by atomic mass is 10.2. The third kappa shape index (κ3) is 6.03. The van der Waals surface area contributed by atoms with Crippen LogP contribution in [0, 0.1) is 0 Å². The second kappa shape index (κ2) is 12.5. The number of amides is 1. The van der Waals surface area contributed by atoms with Crippen LogP contribution in [0.4, 0.5) is 5.82 Å². The van der Waals surface area contributed by atoms with E-state index in [1.807, 2.05) is 18.2 Å². The van der Waals surface area contributed by atoms with Gasteiger partial charge in [-0.05, 0) is 28.5 Å². The summed E-state index contributed by atoms with van der Waals surface area (Å²) in [7, 11) is 1.54. The number of nitrogens with two attached hydrogens (primary N) is 1. The molecular weight excluding hydrogens is 542 g/mol. The number of para-hydroxylation sites is 1. The molecule has 4 aromatic rings. The third-order valence-electron chi connectivity index (χ3n) is 6.06. The summed E-state index contributed by atoms with van der Waals surface area (Å²) in [5, 5.41) is 20.3. The molecule has 1 saturated heterocycles. The van der Waals surface area contributed by atoms with Gasteiger partial charge in [0.05, 0.1) is 26.5 Å². The molecule has 15 heteroatoms. The molecule has 1 aliphatic rings. The van der Waals surface area contributed by atoms with Crippen LogP contribution in [0.15, 0.2) is 52.2 Å². The van der Waals surface area contributed by atoms with E-state index in [1.165, 1.54) is 18.0 Å². The quantitative estimate of drug-likeness (QED) is 0.212. The molecule has 1 amide bonds. The maximum Gasteiger partial charge on any atom is 0.292 e. The molecule has 0 radical (unpaired) electrons. The predicted octanol–water partition coefficient (Wildman–Crippen LogP) is 2.07. The molecule has 40 heavy (non-hydrogen) atoms. The maximum absolute atomic E-state index is 13.4. The minimum absolute atomic E-state index is 0.0397. The Hall–Kier alpha value is -4.53. The average molecular weight is 568 g/mol. The molecule has 5 rings (SSSR count). The third-order valence-corrected chi connectivity index (χ3v) is 6.43. The normalized spacial score (nSPS) is 13.9. The number of rotatable bonds is 10. The zero-order chi connectivity index (χ0) is 27.9. The van der Waals surface area contributed by atoms with Crippen LogP contribution in [0.1, 0.15) is 27.3 Å². The molecule has 1 aliphatic heterocycles. The Labute approximate surface area is 233 Å². The number of carbonyl (C=O) groups is 1. The number of benzene rings is 2. The van der Waals surface area contributed by atoms with Gasteiger partial charge in [-0.3, -0.25) is 9.69 Å². The second-order valence-corrected chi connectivity index (χ2v) is 9.02. The summed E-state index contributed by atoms with van der Waals surface area (Å²) in [6, 6.07) is 12.7. The number of nitrogen functional groups attached to an aromatic ring is 1. The summed E-state index contributed by atoms with van der Waals surface area (Å²) in [4.78, 5) is 15.5. The number of aromatic nitrogens is 5. The van der Waals surface area contributed by atoms with E-state index in [0.717, 1.165) is 5.56 Å². The van der Waals surface area contributed by atoms with E-state index in [1.54, 1.807) is 24.3 Å². The molecule has 0 atom stereocenters. The van der Waals surface area contributed by atoms with Crippen molar-refractivity contribution in [2.24, 2.45) is 5.10 Å². The summed E-state index contributed by atoms with van der Waals surface area (Å²) in [6.45, 7) is 3.11. The highest BCUT2D eigenvalue weighted by atomic mass is 35.5. The molecule has 0 bridgehead atoms. The van der Waals surface area contributed by atoms with Gasteiger partial charge in [-0.15, -0.1) is 5.10 Å². The van der Waals surface area contributed by atoms with E-state index in [2.05, 4.69) is 36.1 Å². The van der Waals surface area contributed by atoms with Crippen molar-refractivity contribution in [3.8, 4) is 17.3 Å². The predicted molar refractivity (Wildman–Crippen MR) is 144 cm³/mol. The van der Waals surface area contributed by atoms with Gasteiger partial charge in [0.25, 0.3) is 5.91 Å². The van der Waals surface area contributed by atoms with Gasteiger partial charge in [-0.2, -0.15) is 9.78 Å². The number of nitrogens with zero attached hydrogens (tertiary/aromatic N) is 7. The lowest BCUT2D eigenvalue weighted by Crippen LogP contribution is -2.36. The highest BCUT2D eigenvalue weighted by Gasteiger charge is 2.26. The fourth-order valence-electron chi connectivity index (χ4n) is 4.03. The van der Waals surface area contributed by atoms with Gasteiger partial charge in [-0.1, -0.05) is 41.1 Å². The SMILES string of the molecule is COc1cccc(/C=N/NC(=O)c2c(CN3CCOCC3)nnn2-c2nonc2N)c1OCc1ccccc1Cl. The average Bonchev–Trinajstić information content (AvgIpc) is 3.58. The highest BCUT2D eigenvalue weighted by Crippen LogP contribution is 2.31. The smallest absolute Gasteiger partial charge is 0.292 e. The van der Waals surface area contributed by atoms with Crippen LogP contribution in [0.25, 0.3) is 5.82 Å². The number of hydrazone groups is 1.